The van der Waals surface area contributed by atoms with Crippen molar-refractivity contribution in [2.75, 3.05) is 0 Å². The topological polar surface area (TPSA) is 25.8 Å². The van der Waals surface area contributed by atoms with Crippen molar-refractivity contribution in [2.45, 2.75) is 6.92 Å². The van der Waals surface area contributed by atoms with Crippen molar-refractivity contribution in [2.24, 2.45) is 0 Å². The summed E-state index contributed by atoms with van der Waals surface area (Å²) in [6.45, 7) is 1.91. The highest BCUT2D eigenvalue weighted by molar-refractivity contribution is 7.14. The molecule has 0 N–H and O–H groups in total. The van der Waals surface area contributed by atoms with E-state index in [0.717, 1.165) is 10.4 Å². The maximum absolute atomic E-state index is 13.3. The molecular formula is C13H7Cl2FN2S. The van der Waals surface area contributed by atoms with Crippen LogP contribution in [0.25, 0.3) is 21.6 Å². The first kappa shape index (κ1) is 12.8. The van der Waals surface area contributed by atoms with Crippen LogP contribution >= 0.6 is 34.5 Å². The Kier molecular flexibility index (Phi) is 3.17. The van der Waals surface area contributed by atoms with Crippen LogP contribution in [0.2, 0.25) is 10.2 Å². The highest BCUT2D eigenvalue weighted by Crippen LogP contribution is 2.36. The predicted octanol–water partition coefficient (Wildman–Crippen LogP) is 5.11. The molecule has 0 radical (unpaired) electrons. The molecule has 0 amide bonds. The van der Waals surface area contributed by atoms with Crippen LogP contribution < -0.4 is 0 Å². The van der Waals surface area contributed by atoms with Crippen molar-refractivity contribution in [1.82, 2.24) is 9.97 Å². The first-order valence-electron chi connectivity index (χ1n) is 5.43. The third-order valence-electron chi connectivity index (χ3n) is 2.71. The van der Waals surface area contributed by atoms with Crippen LogP contribution in [-0.4, -0.2) is 9.97 Å². The van der Waals surface area contributed by atoms with E-state index < -0.39 is 0 Å². The van der Waals surface area contributed by atoms with Gasteiger partial charge in [-0.15, -0.1) is 11.3 Å². The monoisotopic (exact) mass is 312 g/mol. The number of halogens is 3. The van der Waals surface area contributed by atoms with Crippen LogP contribution in [0.1, 0.15) is 5.56 Å². The Morgan fingerprint density at radius 1 is 1.21 bits per heavy atom. The average Bonchev–Trinajstić information content (AvgIpc) is 2.69. The Bertz CT molecular complexity index is 786. The Hall–Kier alpha value is -1.23. The lowest BCUT2D eigenvalue weighted by Gasteiger charge is -2.03. The minimum absolute atomic E-state index is 0.294. The van der Waals surface area contributed by atoms with Gasteiger partial charge in [-0.3, -0.25) is 0 Å². The van der Waals surface area contributed by atoms with Crippen LogP contribution in [-0.2, 0) is 0 Å². The number of rotatable bonds is 1. The Morgan fingerprint density at radius 2 is 2.00 bits per heavy atom. The molecule has 2 nitrogen and oxygen atoms in total. The van der Waals surface area contributed by atoms with Gasteiger partial charge in [0.15, 0.2) is 5.82 Å². The molecule has 0 fully saturated rings. The van der Waals surface area contributed by atoms with E-state index in [-0.39, 0.29) is 5.82 Å². The fraction of sp³-hybridized carbons (Fsp3) is 0.0769. The molecule has 0 saturated carbocycles. The van der Waals surface area contributed by atoms with E-state index >= 15 is 0 Å². The number of benzene rings is 1. The Balaban J connectivity index is 2.28. The predicted molar refractivity (Wildman–Crippen MR) is 77.6 cm³/mol. The van der Waals surface area contributed by atoms with E-state index in [9.17, 15) is 4.39 Å². The smallest absolute Gasteiger partial charge is 0.173 e. The lowest BCUT2D eigenvalue weighted by molar-refractivity contribution is 0.629. The molecule has 2 aromatic heterocycles. The minimum atomic E-state index is -0.360. The van der Waals surface area contributed by atoms with Crippen molar-refractivity contribution in [3.8, 4) is 10.7 Å². The van der Waals surface area contributed by atoms with E-state index in [1.807, 2.05) is 12.3 Å². The van der Waals surface area contributed by atoms with Gasteiger partial charge in [0.05, 0.1) is 15.4 Å². The van der Waals surface area contributed by atoms with Gasteiger partial charge >= 0.3 is 0 Å². The summed E-state index contributed by atoms with van der Waals surface area (Å²) in [7, 11) is 0. The van der Waals surface area contributed by atoms with Gasteiger partial charge in [-0.05, 0) is 30.0 Å². The van der Waals surface area contributed by atoms with Crippen molar-refractivity contribution in [3.63, 3.8) is 0 Å². The average molecular weight is 313 g/mol. The van der Waals surface area contributed by atoms with E-state index in [2.05, 4.69) is 9.97 Å². The molecule has 3 rings (SSSR count). The Morgan fingerprint density at radius 3 is 2.68 bits per heavy atom. The summed E-state index contributed by atoms with van der Waals surface area (Å²) >= 11 is 13.7. The lowest BCUT2D eigenvalue weighted by atomic mass is 10.2. The molecule has 0 atom stereocenters. The summed E-state index contributed by atoms with van der Waals surface area (Å²) in [5.41, 5.74) is 1.43. The fourth-order valence-corrected chi connectivity index (χ4v) is 3.20. The maximum Gasteiger partial charge on any atom is 0.173 e. The number of thiophene rings is 1. The zero-order valence-electron chi connectivity index (χ0n) is 9.75. The molecule has 1 aromatic carbocycles. The normalized spacial score (nSPS) is 11.2. The molecule has 2 heterocycles. The summed E-state index contributed by atoms with van der Waals surface area (Å²) in [5.74, 6) is 0.0628. The summed E-state index contributed by atoms with van der Waals surface area (Å²) in [5, 5.41) is 3.44. The van der Waals surface area contributed by atoms with Crippen LogP contribution in [0.4, 0.5) is 4.39 Å². The molecule has 6 heteroatoms. The van der Waals surface area contributed by atoms with Crippen molar-refractivity contribution in [1.29, 1.82) is 0 Å². The van der Waals surface area contributed by atoms with E-state index in [0.29, 0.717) is 26.9 Å². The molecule has 0 bridgehead atoms. The summed E-state index contributed by atoms with van der Waals surface area (Å²) in [6, 6.07) is 4.23. The minimum Gasteiger partial charge on any atom is -0.227 e. The second-order valence-corrected chi connectivity index (χ2v) is 5.68. The molecular weight excluding hydrogens is 306 g/mol. The van der Waals surface area contributed by atoms with Crippen molar-refractivity contribution < 1.29 is 4.39 Å². The molecule has 0 saturated heterocycles. The second kappa shape index (κ2) is 4.71. The standard InChI is InChI=1S/C13H7Cl2FN2S/c1-6-5-19-11(10(6)14)13-17-9-4-7(16)2-3-8(9)12(15)18-13/h2-5H,1H3. The van der Waals surface area contributed by atoms with Gasteiger partial charge in [0.25, 0.3) is 0 Å². The SMILES string of the molecule is Cc1csc(-c2nc(Cl)c3ccc(F)cc3n2)c1Cl. The van der Waals surface area contributed by atoms with E-state index in [4.69, 9.17) is 23.2 Å². The Labute approximate surface area is 122 Å². The second-order valence-electron chi connectivity index (χ2n) is 4.06. The van der Waals surface area contributed by atoms with Crippen molar-refractivity contribution in [3.05, 3.63) is 45.1 Å². The molecule has 0 spiro atoms. The fourth-order valence-electron chi connectivity index (χ4n) is 1.75. The lowest BCUT2D eigenvalue weighted by Crippen LogP contribution is -1.91. The third kappa shape index (κ3) is 2.20. The highest BCUT2D eigenvalue weighted by Gasteiger charge is 2.14. The van der Waals surface area contributed by atoms with Gasteiger partial charge in [0.1, 0.15) is 11.0 Å². The van der Waals surface area contributed by atoms with E-state index in [1.165, 1.54) is 23.5 Å². The first-order chi connectivity index (χ1) is 9.06. The highest BCUT2D eigenvalue weighted by atomic mass is 35.5. The third-order valence-corrected chi connectivity index (χ3v) is 4.70. The van der Waals surface area contributed by atoms with Gasteiger partial charge in [0.2, 0.25) is 0 Å². The number of hydrogen-bond donors (Lipinski definition) is 0. The first-order valence-corrected chi connectivity index (χ1v) is 7.06. The largest absolute Gasteiger partial charge is 0.227 e. The van der Waals surface area contributed by atoms with Crippen LogP contribution in [0.15, 0.2) is 23.6 Å². The van der Waals surface area contributed by atoms with Gasteiger partial charge < -0.3 is 0 Å². The molecule has 19 heavy (non-hydrogen) atoms. The number of hydrogen-bond acceptors (Lipinski definition) is 3. The summed E-state index contributed by atoms with van der Waals surface area (Å²) in [4.78, 5) is 9.31. The van der Waals surface area contributed by atoms with Crippen LogP contribution in [0.5, 0.6) is 0 Å². The van der Waals surface area contributed by atoms with Crippen LogP contribution in [0, 0.1) is 12.7 Å². The molecule has 96 valence electrons. The zero-order chi connectivity index (χ0) is 13.6. The summed E-state index contributed by atoms with van der Waals surface area (Å²) < 4.78 is 13.3. The zero-order valence-corrected chi connectivity index (χ0v) is 12.1. The molecule has 3 aromatic rings. The van der Waals surface area contributed by atoms with Crippen LogP contribution in [0.3, 0.4) is 0 Å². The van der Waals surface area contributed by atoms with E-state index in [1.54, 1.807) is 6.07 Å². The number of fused-ring (bicyclic) bond motifs is 1. The van der Waals surface area contributed by atoms with Gasteiger partial charge in [-0.25, -0.2) is 14.4 Å². The summed E-state index contributed by atoms with van der Waals surface area (Å²) in [6.07, 6.45) is 0. The number of aromatic nitrogens is 2. The van der Waals surface area contributed by atoms with Crippen molar-refractivity contribution >= 4 is 45.4 Å². The molecule has 0 unspecified atom stereocenters. The quantitative estimate of drug-likeness (QED) is 0.583. The molecule has 0 aliphatic rings. The molecule has 0 aliphatic heterocycles. The van der Waals surface area contributed by atoms with Gasteiger partial charge in [-0.2, -0.15) is 0 Å². The number of aryl methyl sites for hydroxylation is 1. The van der Waals surface area contributed by atoms with Gasteiger partial charge in [0, 0.05) is 11.5 Å². The number of nitrogens with zero attached hydrogens (tertiary/aromatic N) is 2. The van der Waals surface area contributed by atoms with Gasteiger partial charge in [-0.1, -0.05) is 23.2 Å². The molecule has 0 aliphatic carbocycles. The maximum atomic E-state index is 13.3.